The molecule has 1 heterocycles. The number of nitrogens with two attached hydrogens (primary N) is 1. The van der Waals surface area contributed by atoms with E-state index in [1.807, 2.05) is 38.1 Å². The van der Waals surface area contributed by atoms with Crippen molar-refractivity contribution in [2.75, 3.05) is 18.7 Å². The number of hydrogen-bond acceptors (Lipinski definition) is 7. The van der Waals surface area contributed by atoms with Gasteiger partial charge in [0.25, 0.3) is 0 Å². The van der Waals surface area contributed by atoms with Gasteiger partial charge >= 0.3 is 0 Å². The van der Waals surface area contributed by atoms with Crippen molar-refractivity contribution < 1.29 is 4.84 Å². The van der Waals surface area contributed by atoms with Crippen LogP contribution in [0.25, 0.3) is 0 Å². The molecule has 3 rings (SSSR count). The summed E-state index contributed by atoms with van der Waals surface area (Å²) in [6.07, 6.45) is -0.254. The molecule has 0 saturated carbocycles. The van der Waals surface area contributed by atoms with E-state index in [9.17, 15) is 0 Å². The van der Waals surface area contributed by atoms with E-state index < -0.39 is 0 Å². The Labute approximate surface area is 157 Å². The smallest absolute Gasteiger partial charge is 0.153 e. The molecule has 2 aromatic carbocycles. The second-order valence-electron chi connectivity index (χ2n) is 6.20. The van der Waals surface area contributed by atoms with Crippen molar-refractivity contribution >= 4 is 17.3 Å². The Bertz CT molecular complexity index is 796. The Morgan fingerprint density at radius 2 is 1.92 bits per heavy atom. The van der Waals surface area contributed by atoms with Crippen molar-refractivity contribution in [2.24, 2.45) is 5.84 Å². The number of hydrogen-bond donors (Lipinski definition) is 3. The van der Waals surface area contributed by atoms with Crippen molar-refractivity contribution in [2.45, 2.75) is 20.1 Å². The van der Waals surface area contributed by atoms with Crippen LogP contribution in [0.2, 0.25) is 5.02 Å². The van der Waals surface area contributed by atoms with Crippen LogP contribution in [0.5, 0.6) is 5.75 Å². The molecule has 2 aromatic rings. The van der Waals surface area contributed by atoms with Gasteiger partial charge in [-0.15, -0.1) is 5.06 Å². The molecule has 1 saturated heterocycles. The lowest BCUT2D eigenvalue weighted by atomic mass is 10.1. The molecule has 1 fully saturated rings. The summed E-state index contributed by atoms with van der Waals surface area (Å²) in [6, 6.07) is 13.0. The fourth-order valence-electron chi connectivity index (χ4n) is 2.78. The van der Waals surface area contributed by atoms with E-state index in [1.54, 1.807) is 22.2 Å². The van der Waals surface area contributed by atoms with Crippen molar-refractivity contribution in [3.8, 4) is 11.8 Å². The number of halogens is 1. The summed E-state index contributed by atoms with van der Waals surface area (Å²) in [4.78, 5) is 6.00. The van der Waals surface area contributed by atoms with Crippen molar-refractivity contribution in [1.29, 1.82) is 5.26 Å². The number of nitrogens with one attached hydrogen (secondary N) is 2. The monoisotopic (exact) mass is 372 g/mol. The van der Waals surface area contributed by atoms with Crippen LogP contribution in [-0.4, -0.2) is 29.7 Å². The lowest BCUT2D eigenvalue weighted by molar-refractivity contribution is -0.142. The number of anilines is 1. The molecule has 0 spiro atoms. The molecule has 1 aliphatic heterocycles. The van der Waals surface area contributed by atoms with Crippen LogP contribution < -0.4 is 21.3 Å². The highest BCUT2D eigenvalue weighted by Gasteiger charge is 2.26. The van der Waals surface area contributed by atoms with Crippen LogP contribution in [0.1, 0.15) is 16.7 Å². The van der Waals surface area contributed by atoms with Gasteiger partial charge in [-0.2, -0.15) is 10.3 Å². The first-order chi connectivity index (χ1) is 12.5. The number of hydroxylamine groups is 2. The molecular weight excluding hydrogens is 352 g/mol. The summed E-state index contributed by atoms with van der Waals surface area (Å²) in [5.74, 6) is 6.92. The van der Waals surface area contributed by atoms with Gasteiger partial charge in [0.2, 0.25) is 0 Å². The van der Waals surface area contributed by atoms with Crippen molar-refractivity contribution in [1.82, 2.24) is 15.4 Å². The second kappa shape index (κ2) is 7.91. The molecule has 7 nitrogen and oxygen atoms in total. The highest BCUT2D eigenvalue weighted by atomic mass is 35.5. The molecular formula is C18H21ClN6O. The highest BCUT2D eigenvalue weighted by molar-refractivity contribution is 6.30. The molecule has 4 N–H and O–H groups in total. The van der Waals surface area contributed by atoms with Gasteiger partial charge < -0.3 is 10.2 Å². The summed E-state index contributed by atoms with van der Waals surface area (Å²) in [6.45, 7) is 4.81. The van der Waals surface area contributed by atoms with Crippen LogP contribution >= 0.6 is 11.6 Å². The zero-order valence-electron chi connectivity index (χ0n) is 14.7. The van der Waals surface area contributed by atoms with Crippen LogP contribution in [-0.2, 0) is 0 Å². The highest BCUT2D eigenvalue weighted by Crippen LogP contribution is 2.28. The summed E-state index contributed by atoms with van der Waals surface area (Å²) in [5.41, 5.74) is 3.42. The van der Waals surface area contributed by atoms with Gasteiger partial charge in [0.15, 0.2) is 5.75 Å². The third kappa shape index (κ3) is 4.25. The van der Waals surface area contributed by atoms with E-state index in [1.165, 1.54) is 0 Å². The third-order valence-electron chi connectivity index (χ3n) is 4.08. The van der Waals surface area contributed by atoms with E-state index in [2.05, 4.69) is 16.7 Å². The lowest BCUT2D eigenvalue weighted by Crippen LogP contribution is -2.65. The first-order valence-corrected chi connectivity index (χ1v) is 8.55. The Balaban J connectivity index is 1.60. The maximum Gasteiger partial charge on any atom is 0.153 e. The summed E-state index contributed by atoms with van der Waals surface area (Å²) < 4.78 is 0. The van der Waals surface area contributed by atoms with Gasteiger partial charge in [0, 0.05) is 10.7 Å². The van der Waals surface area contributed by atoms with Crippen molar-refractivity contribution in [3.63, 3.8) is 0 Å². The molecule has 0 radical (unpaired) electrons. The molecule has 0 amide bonds. The minimum absolute atomic E-state index is 0.254. The maximum absolute atomic E-state index is 8.86. The fourth-order valence-corrected chi connectivity index (χ4v) is 3.11. The largest absolute Gasteiger partial charge is 0.403 e. The maximum atomic E-state index is 8.86. The minimum Gasteiger partial charge on any atom is -0.403 e. The van der Waals surface area contributed by atoms with Crippen LogP contribution in [0.15, 0.2) is 36.4 Å². The molecule has 8 heteroatoms. The van der Waals surface area contributed by atoms with E-state index in [0.717, 1.165) is 22.6 Å². The van der Waals surface area contributed by atoms with E-state index in [4.69, 9.17) is 27.5 Å². The predicted molar refractivity (Wildman–Crippen MR) is 101 cm³/mol. The van der Waals surface area contributed by atoms with Gasteiger partial charge in [0.05, 0.1) is 18.3 Å². The average molecular weight is 373 g/mol. The van der Waals surface area contributed by atoms with E-state index >= 15 is 0 Å². The predicted octanol–water partition coefficient (Wildman–Crippen LogP) is 2.51. The van der Waals surface area contributed by atoms with Crippen LogP contribution in [0.4, 0.5) is 5.69 Å². The Morgan fingerprint density at radius 3 is 2.50 bits per heavy atom. The molecule has 0 aromatic heterocycles. The van der Waals surface area contributed by atoms with E-state index in [0.29, 0.717) is 23.9 Å². The first kappa shape index (κ1) is 18.5. The molecule has 1 unspecified atom stereocenters. The number of nitriles is 1. The SMILES string of the molecule is Cc1cc(Cl)cc(C)c1ON1CNC(Nc2ccc(C#N)cc2)N(N)C1. The number of hydrazine groups is 1. The number of aryl methyl sites for hydroxylation is 2. The van der Waals surface area contributed by atoms with Gasteiger partial charge in [-0.25, -0.2) is 0 Å². The Morgan fingerprint density at radius 1 is 1.27 bits per heavy atom. The molecule has 1 aliphatic rings. The number of nitrogens with zero attached hydrogens (tertiary/aromatic N) is 3. The zero-order valence-corrected chi connectivity index (χ0v) is 15.4. The summed E-state index contributed by atoms with van der Waals surface area (Å²) in [5, 5.41) is 19.4. The third-order valence-corrected chi connectivity index (χ3v) is 4.29. The molecule has 0 bridgehead atoms. The minimum atomic E-state index is -0.254. The first-order valence-electron chi connectivity index (χ1n) is 8.17. The second-order valence-corrected chi connectivity index (χ2v) is 6.63. The lowest BCUT2D eigenvalue weighted by Gasteiger charge is -2.39. The van der Waals surface area contributed by atoms with Gasteiger partial charge in [-0.1, -0.05) is 11.6 Å². The Kier molecular flexibility index (Phi) is 5.61. The molecule has 26 heavy (non-hydrogen) atoms. The van der Waals surface area contributed by atoms with Gasteiger partial charge in [0.1, 0.15) is 13.0 Å². The summed E-state index contributed by atoms with van der Waals surface area (Å²) in [7, 11) is 0. The van der Waals surface area contributed by atoms with Gasteiger partial charge in [-0.05, 0) is 61.4 Å². The normalized spacial score (nSPS) is 18.3. The average Bonchev–Trinajstić information content (AvgIpc) is 2.61. The zero-order chi connectivity index (χ0) is 18.7. The van der Waals surface area contributed by atoms with E-state index in [-0.39, 0.29) is 6.29 Å². The van der Waals surface area contributed by atoms with Crippen LogP contribution in [0.3, 0.4) is 0 Å². The topological polar surface area (TPSA) is 89.6 Å². The standard InChI is InChI=1S/C18H21ClN6O/c1-12-7-15(19)8-13(2)17(12)26-24-10-22-18(25(21)11-24)23-16-5-3-14(9-20)4-6-16/h3-8,18,22-23H,10-11,21H2,1-2H3. The summed E-state index contributed by atoms with van der Waals surface area (Å²) >= 11 is 6.07. The quantitative estimate of drug-likeness (QED) is 0.710. The van der Waals surface area contributed by atoms with Crippen molar-refractivity contribution in [3.05, 3.63) is 58.1 Å². The molecule has 0 aliphatic carbocycles. The Hall–Kier alpha value is -2.34. The number of benzene rings is 2. The molecule has 1 atom stereocenters. The fraction of sp³-hybridized carbons (Fsp3) is 0.278. The van der Waals surface area contributed by atoms with Gasteiger partial charge in [-0.3, -0.25) is 11.2 Å². The molecule has 136 valence electrons. The number of rotatable bonds is 4. The van der Waals surface area contributed by atoms with Crippen LogP contribution in [0, 0.1) is 25.2 Å².